The smallest absolute Gasteiger partial charge is 0.107 e. The van der Waals surface area contributed by atoms with Gasteiger partial charge >= 0.3 is 0 Å². The Labute approximate surface area is 113 Å². The van der Waals surface area contributed by atoms with Crippen LogP contribution in [0.25, 0.3) is 0 Å². The lowest BCUT2D eigenvalue weighted by Crippen LogP contribution is -2.45. The largest absolute Gasteiger partial charge is 0.384 e. The van der Waals surface area contributed by atoms with Gasteiger partial charge in [-0.25, -0.2) is 4.98 Å². The molecule has 5 heteroatoms. The summed E-state index contributed by atoms with van der Waals surface area (Å²) in [7, 11) is 1.80. The molecule has 0 spiro atoms. The SMILES string of the molecule is COCC1(CNCc2nc(C)cs2)CCNCC1. The van der Waals surface area contributed by atoms with Crippen molar-refractivity contribution < 1.29 is 4.74 Å². The van der Waals surface area contributed by atoms with E-state index in [1.54, 1.807) is 18.4 Å². The molecule has 102 valence electrons. The quantitative estimate of drug-likeness (QED) is 0.823. The first-order chi connectivity index (χ1) is 8.74. The van der Waals surface area contributed by atoms with Crippen LogP contribution in [-0.2, 0) is 11.3 Å². The van der Waals surface area contributed by atoms with E-state index in [0.717, 1.165) is 38.5 Å². The minimum atomic E-state index is 0.298. The summed E-state index contributed by atoms with van der Waals surface area (Å²) in [6, 6.07) is 0. The third-order valence-electron chi connectivity index (χ3n) is 3.56. The van der Waals surface area contributed by atoms with E-state index >= 15 is 0 Å². The molecule has 0 aromatic carbocycles. The molecule has 0 radical (unpaired) electrons. The molecule has 0 amide bonds. The summed E-state index contributed by atoms with van der Waals surface area (Å²) in [5.41, 5.74) is 1.41. The van der Waals surface area contributed by atoms with Crippen LogP contribution in [0.5, 0.6) is 0 Å². The molecule has 1 fully saturated rings. The molecule has 1 aliphatic heterocycles. The zero-order chi connectivity index (χ0) is 12.8. The normalized spacial score (nSPS) is 19.0. The van der Waals surface area contributed by atoms with Crippen molar-refractivity contribution in [3.8, 4) is 0 Å². The van der Waals surface area contributed by atoms with Crippen molar-refractivity contribution in [2.24, 2.45) is 5.41 Å². The highest BCUT2D eigenvalue weighted by molar-refractivity contribution is 7.09. The number of hydrogen-bond donors (Lipinski definition) is 2. The van der Waals surface area contributed by atoms with E-state index in [2.05, 4.69) is 21.0 Å². The van der Waals surface area contributed by atoms with E-state index < -0.39 is 0 Å². The standard InChI is InChI=1S/C13H23N3OS/c1-11-8-18-12(16-11)7-15-9-13(10-17-2)3-5-14-6-4-13/h8,14-15H,3-7,9-10H2,1-2H3. The van der Waals surface area contributed by atoms with Gasteiger partial charge in [-0.1, -0.05) is 0 Å². The number of rotatable bonds is 6. The minimum Gasteiger partial charge on any atom is -0.384 e. The Hall–Kier alpha value is -0.490. The summed E-state index contributed by atoms with van der Waals surface area (Å²) < 4.78 is 5.41. The third kappa shape index (κ3) is 3.75. The lowest BCUT2D eigenvalue weighted by Gasteiger charge is -2.37. The van der Waals surface area contributed by atoms with Gasteiger partial charge in [0.2, 0.25) is 0 Å². The number of ether oxygens (including phenoxy) is 1. The molecule has 0 unspecified atom stereocenters. The molecule has 0 atom stereocenters. The number of thiazole rings is 1. The van der Waals surface area contributed by atoms with Crippen LogP contribution in [0.2, 0.25) is 0 Å². The van der Waals surface area contributed by atoms with Crippen LogP contribution in [0, 0.1) is 12.3 Å². The molecule has 1 aromatic heterocycles. The lowest BCUT2D eigenvalue weighted by atomic mass is 9.79. The number of hydrogen-bond acceptors (Lipinski definition) is 5. The first-order valence-electron chi connectivity index (χ1n) is 6.55. The van der Waals surface area contributed by atoms with Crippen LogP contribution >= 0.6 is 11.3 Å². The first-order valence-corrected chi connectivity index (χ1v) is 7.43. The molecule has 1 aromatic rings. The molecule has 0 aliphatic carbocycles. The summed E-state index contributed by atoms with van der Waals surface area (Å²) in [6.45, 7) is 6.97. The summed E-state index contributed by atoms with van der Waals surface area (Å²) in [5.74, 6) is 0. The van der Waals surface area contributed by atoms with Gasteiger partial charge in [0.05, 0.1) is 6.61 Å². The summed E-state index contributed by atoms with van der Waals surface area (Å²) in [4.78, 5) is 4.47. The van der Waals surface area contributed by atoms with Crippen LogP contribution in [0.3, 0.4) is 0 Å². The van der Waals surface area contributed by atoms with Crippen molar-refractivity contribution >= 4 is 11.3 Å². The van der Waals surface area contributed by atoms with Crippen molar-refractivity contribution in [2.75, 3.05) is 33.4 Å². The van der Waals surface area contributed by atoms with Crippen LogP contribution in [0.4, 0.5) is 0 Å². The number of nitrogens with one attached hydrogen (secondary N) is 2. The highest BCUT2D eigenvalue weighted by atomic mass is 32.1. The van der Waals surface area contributed by atoms with Gasteiger partial charge in [-0.15, -0.1) is 11.3 Å². The molecule has 0 bridgehead atoms. The van der Waals surface area contributed by atoms with Crippen molar-refractivity contribution in [2.45, 2.75) is 26.3 Å². The van der Waals surface area contributed by atoms with Gasteiger partial charge in [-0.3, -0.25) is 0 Å². The van der Waals surface area contributed by atoms with Crippen LogP contribution in [-0.4, -0.2) is 38.3 Å². The van der Waals surface area contributed by atoms with Gasteiger partial charge in [0.1, 0.15) is 5.01 Å². The predicted octanol–water partition coefficient (Wildman–Crippen LogP) is 1.56. The van der Waals surface area contributed by atoms with E-state index in [-0.39, 0.29) is 0 Å². The number of aryl methyl sites for hydroxylation is 1. The van der Waals surface area contributed by atoms with Gasteiger partial charge < -0.3 is 15.4 Å². The second kappa shape index (κ2) is 6.61. The van der Waals surface area contributed by atoms with Crippen LogP contribution < -0.4 is 10.6 Å². The molecule has 2 heterocycles. The Morgan fingerprint density at radius 3 is 2.89 bits per heavy atom. The highest BCUT2D eigenvalue weighted by Crippen LogP contribution is 2.28. The van der Waals surface area contributed by atoms with E-state index in [1.165, 1.54) is 17.8 Å². The number of aromatic nitrogens is 1. The van der Waals surface area contributed by atoms with Gasteiger partial charge in [0.15, 0.2) is 0 Å². The predicted molar refractivity (Wildman–Crippen MR) is 75.0 cm³/mol. The number of nitrogens with zero attached hydrogens (tertiary/aromatic N) is 1. The zero-order valence-corrected chi connectivity index (χ0v) is 12.1. The highest BCUT2D eigenvalue weighted by Gasteiger charge is 2.31. The molecule has 4 nitrogen and oxygen atoms in total. The van der Waals surface area contributed by atoms with Gasteiger partial charge in [-0.05, 0) is 32.9 Å². The van der Waals surface area contributed by atoms with Gasteiger partial charge in [0, 0.05) is 36.7 Å². The summed E-state index contributed by atoms with van der Waals surface area (Å²) >= 11 is 1.73. The second-order valence-electron chi connectivity index (χ2n) is 5.17. The van der Waals surface area contributed by atoms with Crippen molar-refractivity contribution in [1.82, 2.24) is 15.6 Å². The molecule has 18 heavy (non-hydrogen) atoms. The fourth-order valence-electron chi connectivity index (χ4n) is 2.55. The Morgan fingerprint density at radius 1 is 1.50 bits per heavy atom. The molecular weight excluding hydrogens is 246 g/mol. The first kappa shape index (κ1) is 13.9. The Balaban J connectivity index is 1.82. The minimum absolute atomic E-state index is 0.298. The maximum Gasteiger partial charge on any atom is 0.107 e. The van der Waals surface area contributed by atoms with Gasteiger partial charge in [-0.2, -0.15) is 0 Å². The van der Waals surface area contributed by atoms with E-state index in [1.807, 2.05) is 6.92 Å². The maximum atomic E-state index is 5.41. The molecule has 1 aliphatic rings. The van der Waals surface area contributed by atoms with E-state index in [9.17, 15) is 0 Å². The van der Waals surface area contributed by atoms with Crippen molar-refractivity contribution in [3.63, 3.8) is 0 Å². The van der Waals surface area contributed by atoms with E-state index in [4.69, 9.17) is 4.74 Å². The number of methoxy groups -OCH3 is 1. The fraction of sp³-hybridized carbons (Fsp3) is 0.769. The molecular formula is C13H23N3OS. The molecule has 2 rings (SSSR count). The van der Waals surface area contributed by atoms with Crippen LogP contribution in [0.15, 0.2) is 5.38 Å². The maximum absolute atomic E-state index is 5.41. The fourth-order valence-corrected chi connectivity index (χ4v) is 3.30. The number of piperidine rings is 1. The third-order valence-corrected chi connectivity index (χ3v) is 4.52. The monoisotopic (exact) mass is 269 g/mol. The second-order valence-corrected chi connectivity index (χ2v) is 6.11. The lowest BCUT2D eigenvalue weighted by molar-refractivity contribution is 0.0534. The summed E-state index contributed by atoms with van der Waals surface area (Å²) in [6.07, 6.45) is 2.37. The Morgan fingerprint density at radius 2 is 2.28 bits per heavy atom. The average molecular weight is 269 g/mol. The Kier molecular flexibility index (Phi) is 5.12. The topological polar surface area (TPSA) is 46.2 Å². The zero-order valence-electron chi connectivity index (χ0n) is 11.3. The Bertz CT molecular complexity index is 355. The summed E-state index contributed by atoms with van der Waals surface area (Å²) in [5, 5.41) is 10.2. The van der Waals surface area contributed by atoms with Crippen molar-refractivity contribution in [1.29, 1.82) is 0 Å². The molecule has 2 N–H and O–H groups in total. The average Bonchev–Trinajstić information content (AvgIpc) is 2.77. The molecule has 1 saturated heterocycles. The van der Waals surface area contributed by atoms with Crippen LogP contribution in [0.1, 0.15) is 23.5 Å². The molecule has 0 saturated carbocycles. The van der Waals surface area contributed by atoms with E-state index in [0.29, 0.717) is 5.41 Å². The van der Waals surface area contributed by atoms with Gasteiger partial charge in [0.25, 0.3) is 0 Å². The van der Waals surface area contributed by atoms with Crippen molar-refractivity contribution in [3.05, 3.63) is 16.1 Å².